The molecule has 0 saturated carbocycles. The molecule has 0 bridgehead atoms. The molecule has 0 aliphatic rings. The van der Waals surface area contributed by atoms with Crippen molar-refractivity contribution in [2.24, 2.45) is 0 Å². The minimum Gasteiger partial charge on any atom is -0.307 e. The molecule has 15 heavy (non-hydrogen) atoms. The molecule has 1 rings (SSSR count). The minimum atomic E-state index is 0.421. The largest absolute Gasteiger partial charge is 0.307 e. The van der Waals surface area contributed by atoms with Crippen LogP contribution in [0.5, 0.6) is 0 Å². The normalized spacial score (nSPS) is 14.9. The maximum absolute atomic E-state index is 4.04. The number of rotatable bonds is 6. The van der Waals surface area contributed by atoms with Crippen molar-refractivity contribution < 1.29 is 0 Å². The van der Waals surface area contributed by atoms with Crippen molar-refractivity contribution in [2.75, 3.05) is 0 Å². The Balaban J connectivity index is 2.50. The van der Waals surface area contributed by atoms with Crippen LogP contribution in [0.3, 0.4) is 0 Å². The van der Waals surface area contributed by atoms with E-state index in [0.29, 0.717) is 12.1 Å². The highest BCUT2D eigenvalue weighted by Crippen LogP contribution is 2.13. The van der Waals surface area contributed by atoms with Gasteiger partial charge >= 0.3 is 0 Å². The topological polar surface area (TPSA) is 24.9 Å². The first-order chi connectivity index (χ1) is 7.27. The zero-order valence-electron chi connectivity index (χ0n) is 10.0. The lowest BCUT2D eigenvalue weighted by Crippen LogP contribution is -2.30. The molecule has 0 spiro atoms. The zero-order chi connectivity index (χ0) is 11.1. The van der Waals surface area contributed by atoms with Crippen molar-refractivity contribution in [3.8, 4) is 0 Å². The van der Waals surface area contributed by atoms with Crippen molar-refractivity contribution in [2.45, 2.75) is 52.1 Å². The Morgan fingerprint density at radius 3 is 2.47 bits per heavy atom. The molecule has 1 aromatic heterocycles. The SMILES string of the molecule is CCCC(CC)N[C@@H](C)c1ccncc1. The van der Waals surface area contributed by atoms with Gasteiger partial charge in [-0.2, -0.15) is 0 Å². The van der Waals surface area contributed by atoms with Crippen LogP contribution in [-0.2, 0) is 0 Å². The monoisotopic (exact) mass is 206 g/mol. The van der Waals surface area contributed by atoms with E-state index in [-0.39, 0.29) is 0 Å². The molecular weight excluding hydrogens is 184 g/mol. The van der Waals surface area contributed by atoms with Gasteiger partial charge in [0.15, 0.2) is 0 Å². The fourth-order valence-corrected chi connectivity index (χ4v) is 1.86. The highest BCUT2D eigenvalue weighted by molar-refractivity contribution is 5.14. The molecule has 1 heterocycles. The predicted molar refractivity (Wildman–Crippen MR) is 64.8 cm³/mol. The molecule has 1 unspecified atom stereocenters. The lowest BCUT2D eigenvalue weighted by molar-refractivity contribution is 0.417. The summed E-state index contributed by atoms with van der Waals surface area (Å²) < 4.78 is 0. The molecule has 2 nitrogen and oxygen atoms in total. The minimum absolute atomic E-state index is 0.421. The number of hydrogen-bond donors (Lipinski definition) is 1. The molecular formula is C13H22N2. The number of aromatic nitrogens is 1. The van der Waals surface area contributed by atoms with E-state index in [1.165, 1.54) is 24.8 Å². The molecule has 0 radical (unpaired) electrons. The lowest BCUT2D eigenvalue weighted by Gasteiger charge is -2.22. The van der Waals surface area contributed by atoms with E-state index in [2.05, 4.69) is 43.2 Å². The van der Waals surface area contributed by atoms with Crippen LogP contribution < -0.4 is 5.32 Å². The number of nitrogens with one attached hydrogen (secondary N) is 1. The van der Waals surface area contributed by atoms with Crippen LogP contribution >= 0.6 is 0 Å². The van der Waals surface area contributed by atoms with Crippen LogP contribution in [0.2, 0.25) is 0 Å². The van der Waals surface area contributed by atoms with Gasteiger partial charge in [0.05, 0.1) is 0 Å². The fourth-order valence-electron chi connectivity index (χ4n) is 1.86. The molecule has 0 aliphatic heterocycles. The van der Waals surface area contributed by atoms with Gasteiger partial charge in [0.1, 0.15) is 0 Å². The van der Waals surface area contributed by atoms with Gasteiger partial charge in [0, 0.05) is 24.5 Å². The van der Waals surface area contributed by atoms with Crippen molar-refractivity contribution in [3.05, 3.63) is 30.1 Å². The lowest BCUT2D eigenvalue weighted by atomic mass is 10.1. The molecule has 2 heteroatoms. The first-order valence-corrected chi connectivity index (χ1v) is 5.93. The predicted octanol–water partition coefficient (Wildman–Crippen LogP) is 3.31. The standard InChI is InChI=1S/C13H22N2/c1-4-6-13(5-2)15-11(3)12-7-9-14-10-8-12/h7-11,13,15H,4-6H2,1-3H3/t11-,13?/m0/s1. The number of nitrogens with zero attached hydrogens (tertiary/aromatic N) is 1. The van der Waals surface area contributed by atoms with Gasteiger partial charge in [-0.1, -0.05) is 20.3 Å². The Hall–Kier alpha value is -0.890. The zero-order valence-corrected chi connectivity index (χ0v) is 10.0. The van der Waals surface area contributed by atoms with Gasteiger partial charge in [-0.25, -0.2) is 0 Å². The highest BCUT2D eigenvalue weighted by Gasteiger charge is 2.10. The van der Waals surface area contributed by atoms with E-state index in [9.17, 15) is 0 Å². The van der Waals surface area contributed by atoms with Crippen molar-refractivity contribution in [3.63, 3.8) is 0 Å². The third-order valence-corrected chi connectivity index (χ3v) is 2.82. The van der Waals surface area contributed by atoms with Crippen LogP contribution in [0.15, 0.2) is 24.5 Å². The summed E-state index contributed by atoms with van der Waals surface area (Å²) in [5.41, 5.74) is 1.32. The summed E-state index contributed by atoms with van der Waals surface area (Å²) in [5, 5.41) is 3.66. The first-order valence-electron chi connectivity index (χ1n) is 5.93. The second-order valence-electron chi connectivity index (χ2n) is 4.06. The second kappa shape index (κ2) is 6.57. The summed E-state index contributed by atoms with van der Waals surface area (Å²) in [4.78, 5) is 4.04. The van der Waals surface area contributed by atoms with E-state index < -0.39 is 0 Å². The molecule has 0 aromatic carbocycles. The van der Waals surface area contributed by atoms with E-state index in [1.807, 2.05) is 12.4 Å². The van der Waals surface area contributed by atoms with Crippen LogP contribution in [0, 0.1) is 0 Å². The third kappa shape index (κ3) is 4.00. The van der Waals surface area contributed by atoms with Crippen LogP contribution in [-0.4, -0.2) is 11.0 Å². The van der Waals surface area contributed by atoms with Crippen molar-refractivity contribution in [1.29, 1.82) is 0 Å². The molecule has 0 saturated heterocycles. The summed E-state index contributed by atoms with van der Waals surface area (Å²) in [6.07, 6.45) is 7.41. The average molecular weight is 206 g/mol. The van der Waals surface area contributed by atoms with Crippen LogP contribution in [0.25, 0.3) is 0 Å². The van der Waals surface area contributed by atoms with Gasteiger partial charge in [-0.15, -0.1) is 0 Å². The van der Waals surface area contributed by atoms with Gasteiger partial charge < -0.3 is 5.32 Å². The number of pyridine rings is 1. The summed E-state index contributed by atoms with van der Waals surface area (Å²) in [6, 6.07) is 5.22. The van der Waals surface area contributed by atoms with Gasteiger partial charge in [0.2, 0.25) is 0 Å². The Bertz CT molecular complexity index is 258. The Labute approximate surface area is 93.1 Å². The van der Waals surface area contributed by atoms with Gasteiger partial charge in [0.25, 0.3) is 0 Å². The Morgan fingerprint density at radius 2 is 1.93 bits per heavy atom. The van der Waals surface area contributed by atoms with Crippen LogP contribution in [0.4, 0.5) is 0 Å². The summed E-state index contributed by atoms with van der Waals surface area (Å²) in [6.45, 7) is 6.70. The quantitative estimate of drug-likeness (QED) is 0.772. The second-order valence-corrected chi connectivity index (χ2v) is 4.06. The summed E-state index contributed by atoms with van der Waals surface area (Å²) >= 11 is 0. The first kappa shape index (κ1) is 12.2. The number of hydrogen-bond acceptors (Lipinski definition) is 2. The molecule has 1 N–H and O–H groups in total. The third-order valence-electron chi connectivity index (χ3n) is 2.82. The van der Waals surface area contributed by atoms with E-state index in [0.717, 1.165) is 0 Å². The molecule has 84 valence electrons. The molecule has 0 aliphatic carbocycles. The smallest absolute Gasteiger partial charge is 0.0295 e. The Morgan fingerprint density at radius 1 is 1.27 bits per heavy atom. The fraction of sp³-hybridized carbons (Fsp3) is 0.615. The maximum atomic E-state index is 4.04. The Kier molecular flexibility index (Phi) is 5.33. The van der Waals surface area contributed by atoms with E-state index in [1.54, 1.807) is 0 Å². The van der Waals surface area contributed by atoms with Crippen molar-refractivity contribution >= 4 is 0 Å². The van der Waals surface area contributed by atoms with E-state index in [4.69, 9.17) is 0 Å². The van der Waals surface area contributed by atoms with Gasteiger partial charge in [-0.3, -0.25) is 4.98 Å². The van der Waals surface area contributed by atoms with Crippen molar-refractivity contribution in [1.82, 2.24) is 10.3 Å². The maximum Gasteiger partial charge on any atom is 0.0295 e. The molecule has 1 aromatic rings. The molecule has 0 fully saturated rings. The summed E-state index contributed by atoms with van der Waals surface area (Å²) in [7, 11) is 0. The van der Waals surface area contributed by atoms with Gasteiger partial charge in [-0.05, 0) is 37.5 Å². The van der Waals surface area contributed by atoms with Crippen LogP contribution in [0.1, 0.15) is 51.6 Å². The molecule has 0 amide bonds. The molecule has 2 atom stereocenters. The average Bonchev–Trinajstić information content (AvgIpc) is 2.29. The summed E-state index contributed by atoms with van der Waals surface area (Å²) in [5.74, 6) is 0. The highest BCUT2D eigenvalue weighted by atomic mass is 14.9. The van der Waals surface area contributed by atoms with E-state index >= 15 is 0 Å².